The van der Waals surface area contributed by atoms with Crippen molar-refractivity contribution < 1.29 is 9.59 Å². The predicted octanol–water partition coefficient (Wildman–Crippen LogP) is 22.8. The number of terminal acetylenes is 1. The number of hydrogen-bond acceptors (Lipinski definition) is 6. The maximum absolute atomic E-state index is 13.7. The normalized spacial score (nSPS) is 17.8. The molecular weight excluding hydrogens is 1300 g/mol. The Kier molecular flexibility index (Phi) is 18.7. The Bertz CT molecular complexity index is 4450. The zero-order chi connectivity index (χ0) is 59.4. The Labute approximate surface area is 536 Å². The molecule has 0 N–H and O–H groups in total. The van der Waals surface area contributed by atoms with Crippen LogP contribution in [-0.2, 0) is 0 Å². The zero-order valence-electron chi connectivity index (χ0n) is 50.6. The van der Waals surface area contributed by atoms with Crippen molar-refractivity contribution in [3.63, 3.8) is 0 Å². The van der Waals surface area contributed by atoms with E-state index in [9.17, 15) is 9.59 Å². The molecule has 5 aliphatic rings. The summed E-state index contributed by atoms with van der Waals surface area (Å²) < 4.78 is 16.0. The summed E-state index contributed by atoms with van der Waals surface area (Å²) in [6.07, 6.45) is 14.4. The van der Waals surface area contributed by atoms with Crippen LogP contribution in [-0.4, -0.2) is 56.6 Å². The third-order valence-electron chi connectivity index (χ3n) is 20.2. The maximum Gasteiger partial charge on any atom is 0.195 e. The number of Topliss-reactive ketones (excluding diaryl/α,β-unsaturated/α-hetero) is 2. The van der Waals surface area contributed by atoms with Gasteiger partial charge in [0, 0.05) is 52.9 Å². The van der Waals surface area contributed by atoms with E-state index >= 15 is 0 Å². The summed E-state index contributed by atoms with van der Waals surface area (Å²) in [6.45, 7) is 21.1. The zero-order valence-corrected chi connectivity index (χ0v) is 60.1. The molecule has 4 atom stereocenters. The molecular formula is C77H78Ge3O2S4. The first-order valence-electron chi connectivity index (χ1n) is 31.1. The first-order chi connectivity index (χ1) is 41.4. The molecule has 0 saturated heterocycles. The molecule has 0 radical (unpaired) electrons. The summed E-state index contributed by atoms with van der Waals surface area (Å²) in [5, 5.41) is 19.3. The monoisotopic (exact) mass is 1380 g/mol. The van der Waals surface area contributed by atoms with Gasteiger partial charge >= 0.3 is 353 Å². The van der Waals surface area contributed by atoms with E-state index in [1.54, 1.807) is 23.1 Å². The van der Waals surface area contributed by atoms with E-state index in [4.69, 9.17) is 6.42 Å². The summed E-state index contributed by atoms with van der Waals surface area (Å²) in [6, 6.07) is 43.2. The van der Waals surface area contributed by atoms with Gasteiger partial charge in [0.2, 0.25) is 0 Å². The van der Waals surface area contributed by atoms with Crippen molar-refractivity contribution in [1.82, 2.24) is 0 Å². The van der Waals surface area contributed by atoms with Gasteiger partial charge in [-0.3, -0.25) is 9.59 Å². The van der Waals surface area contributed by atoms with Crippen molar-refractivity contribution in [3.8, 4) is 32.5 Å². The molecule has 434 valence electrons. The second-order valence-electron chi connectivity index (χ2n) is 23.6. The molecule has 3 aliphatic carbocycles. The molecule has 9 aromatic rings. The van der Waals surface area contributed by atoms with Crippen LogP contribution in [0.25, 0.3) is 57.2 Å². The largest absolute Gasteiger partial charge is 0.289 e. The van der Waals surface area contributed by atoms with Gasteiger partial charge in [-0.05, 0) is 23.8 Å². The summed E-state index contributed by atoms with van der Waals surface area (Å²) in [5.41, 5.74) is 10.5. The summed E-state index contributed by atoms with van der Waals surface area (Å²) in [4.78, 5) is 30.0. The third kappa shape index (κ3) is 10.5. The molecule has 0 fully saturated rings. The number of carbonyl (C=O) groups is 2. The van der Waals surface area contributed by atoms with Crippen LogP contribution in [0, 0.1) is 32.5 Å². The minimum absolute atomic E-state index is 0. The second kappa shape index (κ2) is 25.7. The van der Waals surface area contributed by atoms with E-state index in [-0.39, 0.29) is 30.2 Å². The number of carbonyl (C=O) groups excluding carboxylic acids is 2. The molecule has 2 nitrogen and oxygen atoms in total. The number of thioether (sulfide) groups is 2. The quantitative estimate of drug-likeness (QED) is 0.107. The van der Waals surface area contributed by atoms with Crippen molar-refractivity contribution in [1.29, 1.82) is 0 Å². The number of hydrogen-bond donors (Lipinski definition) is 0. The molecule has 4 unspecified atom stereocenters. The number of ketones is 2. The van der Waals surface area contributed by atoms with Crippen LogP contribution >= 0.6 is 46.2 Å². The van der Waals surface area contributed by atoms with Gasteiger partial charge in [0.25, 0.3) is 0 Å². The van der Waals surface area contributed by atoms with Gasteiger partial charge < -0.3 is 0 Å². The van der Waals surface area contributed by atoms with Gasteiger partial charge in [-0.25, -0.2) is 0 Å². The molecule has 7 aromatic carbocycles. The first-order valence-corrected chi connectivity index (χ1v) is 50.9. The predicted molar refractivity (Wildman–Crippen MR) is 388 cm³/mol. The number of thiophene rings is 2. The van der Waals surface area contributed by atoms with Gasteiger partial charge in [-0.15, -0.1) is 23.1 Å². The SMILES string of the molecule is C.C#[C][Ge]([CH2]C)([CH2]C)[CH2]C.C[CH2][Ge]([C]#Cc1c2c(c(C#[C][Ge]([CH2]C)([CH2]C)[CH2]C)c3c1ccc1c4ccccc4sc13)C=CC1c3ccccc3SC21)([CH2]C)[CH2]C.O=C1C2=C(C=CC3c4ccccc4SC23)C(=O)c2c1ccc1c2sc2ccccc21. The Hall–Kier alpha value is -5.19. The second-order valence-corrected chi connectivity index (χ2v) is 59.2. The summed E-state index contributed by atoms with van der Waals surface area (Å²) in [7, 11) is 0. The minimum Gasteiger partial charge on any atom is -0.289 e. The van der Waals surface area contributed by atoms with E-state index in [1.165, 1.54) is 121 Å². The summed E-state index contributed by atoms with van der Waals surface area (Å²) >= 11 is 1.11. The van der Waals surface area contributed by atoms with Gasteiger partial charge in [-0.2, -0.15) is 0 Å². The standard InChI is InChI=1S/C42H44Ge2S2.C26H14O2S2.C8H16Ge.CH4/c1-7-43(8-2,9-3)27-25-33-31-21-23-36-30-18-14-16-20-38(30)46-42(36)40(31)34(26-28-44(10-4,11-5)12-6)32-22-24-35-29-17-13-15-19-37(29)45-41(35)39(32)33;27-23-18-12-10-16-14-6-2-4-8-20(14)30-26(16)22(18)24(28)17-11-9-15-13-5-1-3-7-19(13)29-25(15)21(17)23;1-5-9(6-2,7-3)8-4;/h13-24,35,41H,7-12H2,1-6H3;1-12,15,25H;1H,6-8H2,2-4H3;1H4. The number of benzene rings is 7. The van der Waals surface area contributed by atoms with Crippen LogP contribution in [0.1, 0.15) is 141 Å². The van der Waals surface area contributed by atoms with Crippen molar-refractivity contribution in [2.45, 2.75) is 149 Å². The van der Waals surface area contributed by atoms with E-state index in [2.05, 4.69) is 203 Å². The van der Waals surface area contributed by atoms with Gasteiger partial charge in [-0.1, -0.05) is 62.0 Å². The average Bonchev–Trinajstić information content (AvgIpc) is 1.54. The van der Waals surface area contributed by atoms with Crippen molar-refractivity contribution in [2.75, 3.05) is 0 Å². The minimum atomic E-state index is -2.29. The van der Waals surface area contributed by atoms with Crippen LogP contribution in [0.3, 0.4) is 0 Å². The van der Waals surface area contributed by atoms with Crippen molar-refractivity contribution in [2.24, 2.45) is 0 Å². The van der Waals surface area contributed by atoms with E-state index in [1.807, 2.05) is 53.8 Å². The van der Waals surface area contributed by atoms with Gasteiger partial charge in [0.05, 0.1) is 5.56 Å². The van der Waals surface area contributed by atoms with Crippen LogP contribution in [0.4, 0.5) is 0 Å². The molecule has 14 rings (SSSR count). The summed E-state index contributed by atoms with van der Waals surface area (Å²) in [5.74, 6) is 8.58. The molecule has 0 spiro atoms. The molecule has 4 heterocycles. The molecule has 9 heteroatoms. The molecule has 0 saturated carbocycles. The Morgan fingerprint density at radius 1 is 0.477 bits per heavy atom. The van der Waals surface area contributed by atoms with Crippen LogP contribution in [0.2, 0.25) is 47.3 Å². The first kappa shape index (κ1) is 62.4. The van der Waals surface area contributed by atoms with E-state index in [0.717, 1.165) is 20.2 Å². The van der Waals surface area contributed by atoms with Gasteiger partial charge in [0.1, 0.15) is 0 Å². The third-order valence-corrected chi connectivity index (χ3v) is 55.0. The average molecular weight is 1380 g/mol. The smallest absolute Gasteiger partial charge is 0.195 e. The Morgan fingerprint density at radius 2 is 0.942 bits per heavy atom. The number of allylic oxidation sites excluding steroid dienone is 4. The van der Waals surface area contributed by atoms with E-state index < -0.39 is 39.8 Å². The van der Waals surface area contributed by atoms with Crippen molar-refractivity contribution in [3.05, 3.63) is 195 Å². The molecule has 86 heavy (non-hydrogen) atoms. The van der Waals surface area contributed by atoms with Gasteiger partial charge in [0.15, 0.2) is 11.6 Å². The molecule has 0 amide bonds. The van der Waals surface area contributed by atoms with Crippen LogP contribution < -0.4 is 0 Å². The number of fused-ring (bicyclic) bond motifs is 19. The Morgan fingerprint density at radius 3 is 1.50 bits per heavy atom. The Balaban J connectivity index is 0.000000164. The fourth-order valence-electron chi connectivity index (χ4n) is 13.9. The van der Waals surface area contributed by atoms with E-state index in [0.29, 0.717) is 33.4 Å². The number of rotatable bonds is 9. The topological polar surface area (TPSA) is 34.1 Å². The molecule has 2 aliphatic heterocycles. The van der Waals surface area contributed by atoms with Crippen LogP contribution in [0.5, 0.6) is 0 Å². The van der Waals surface area contributed by atoms with Crippen LogP contribution in [0.15, 0.2) is 160 Å². The molecule has 0 bridgehead atoms. The van der Waals surface area contributed by atoms with Crippen molar-refractivity contribution >= 4 is 155 Å². The fraction of sp³-hybridized carbons (Fsp3) is 0.299. The fourth-order valence-corrected chi connectivity index (χ4v) is 34.1. The molecule has 2 aromatic heterocycles. The maximum atomic E-state index is 13.7.